The highest BCUT2D eigenvalue weighted by Gasteiger charge is 2.28. The fourth-order valence-corrected chi connectivity index (χ4v) is 4.67. The Morgan fingerprint density at radius 2 is 2.22 bits per heavy atom. The van der Waals surface area contributed by atoms with E-state index in [9.17, 15) is 13.2 Å². The summed E-state index contributed by atoms with van der Waals surface area (Å²) in [6, 6.07) is 2.30. The van der Waals surface area contributed by atoms with Crippen LogP contribution in [0.1, 0.15) is 37.8 Å². The third-order valence-electron chi connectivity index (χ3n) is 2.94. The summed E-state index contributed by atoms with van der Waals surface area (Å²) in [6.07, 6.45) is -3.60. The SMILES string of the molecule is C[C@H]1CC(NCCCC(F)(F)F)c2ccsc2S1. The van der Waals surface area contributed by atoms with Gasteiger partial charge in [-0.05, 0) is 36.4 Å². The van der Waals surface area contributed by atoms with E-state index in [1.807, 2.05) is 11.8 Å². The molecule has 0 bridgehead atoms. The molecule has 102 valence electrons. The van der Waals surface area contributed by atoms with Gasteiger partial charge in [0.1, 0.15) is 0 Å². The normalized spacial score (nSPS) is 24.0. The van der Waals surface area contributed by atoms with E-state index in [1.165, 1.54) is 9.77 Å². The van der Waals surface area contributed by atoms with Crippen LogP contribution in [0.4, 0.5) is 13.2 Å². The van der Waals surface area contributed by atoms with Gasteiger partial charge in [-0.15, -0.1) is 23.1 Å². The zero-order valence-electron chi connectivity index (χ0n) is 10.1. The average molecular weight is 295 g/mol. The number of thiophene rings is 1. The molecule has 0 spiro atoms. The van der Waals surface area contributed by atoms with Crippen molar-refractivity contribution in [2.24, 2.45) is 0 Å². The molecule has 0 saturated carbocycles. The summed E-state index contributed by atoms with van der Waals surface area (Å²) in [5.74, 6) is 0. The molecule has 0 aliphatic carbocycles. The van der Waals surface area contributed by atoms with Crippen LogP contribution in [0, 0.1) is 0 Å². The lowest BCUT2D eigenvalue weighted by Gasteiger charge is -2.27. The Morgan fingerprint density at radius 1 is 1.44 bits per heavy atom. The van der Waals surface area contributed by atoms with Crippen molar-refractivity contribution in [2.75, 3.05) is 6.54 Å². The van der Waals surface area contributed by atoms with E-state index in [2.05, 4.69) is 23.7 Å². The van der Waals surface area contributed by atoms with E-state index in [0.717, 1.165) is 6.42 Å². The van der Waals surface area contributed by atoms with Gasteiger partial charge in [-0.25, -0.2) is 0 Å². The number of nitrogens with one attached hydrogen (secondary N) is 1. The fraction of sp³-hybridized carbons (Fsp3) is 0.667. The lowest BCUT2D eigenvalue weighted by molar-refractivity contribution is -0.135. The second-order valence-electron chi connectivity index (χ2n) is 4.55. The minimum absolute atomic E-state index is 0.154. The smallest absolute Gasteiger partial charge is 0.310 e. The zero-order valence-corrected chi connectivity index (χ0v) is 11.7. The van der Waals surface area contributed by atoms with Gasteiger partial charge < -0.3 is 5.32 Å². The largest absolute Gasteiger partial charge is 0.389 e. The summed E-state index contributed by atoms with van der Waals surface area (Å²) in [6.45, 7) is 2.59. The van der Waals surface area contributed by atoms with Gasteiger partial charge in [0.2, 0.25) is 0 Å². The van der Waals surface area contributed by atoms with E-state index >= 15 is 0 Å². The van der Waals surface area contributed by atoms with Crippen molar-refractivity contribution in [3.63, 3.8) is 0 Å². The van der Waals surface area contributed by atoms with Crippen LogP contribution >= 0.6 is 23.1 Å². The van der Waals surface area contributed by atoms with Crippen molar-refractivity contribution < 1.29 is 13.2 Å². The molecule has 2 heterocycles. The molecule has 0 fully saturated rings. The van der Waals surface area contributed by atoms with Crippen molar-refractivity contribution in [2.45, 2.75) is 47.9 Å². The molecule has 1 nitrogen and oxygen atoms in total. The number of hydrogen-bond acceptors (Lipinski definition) is 3. The Kier molecular flexibility index (Phi) is 4.61. The van der Waals surface area contributed by atoms with Gasteiger partial charge in [-0.2, -0.15) is 13.2 Å². The van der Waals surface area contributed by atoms with Crippen LogP contribution in [-0.4, -0.2) is 18.0 Å². The summed E-state index contributed by atoms with van der Waals surface area (Å²) < 4.78 is 37.4. The topological polar surface area (TPSA) is 12.0 Å². The number of thioether (sulfide) groups is 1. The molecule has 6 heteroatoms. The molecule has 18 heavy (non-hydrogen) atoms. The molecule has 1 aliphatic rings. The first-order chi connectivity index (χ1) is 8.46. The molecule has 1 unspecified atom stereocenters. The average Bonchev–Trinajstić information content (AvgIpc) is 2.70. The van der Waals surface area contributed by atoms with Gasteiger partial charge in [0.25, 0.3) is 0 Å². The van der Waals surface area contributed by atoms with Gasteiger partial charge in [0, 0.05) is 17.7 Å². The predicted octanol–water partition coefficient (Wildman–Crippen LogP) is 4.61. The Labute approximate surface area is 113 Å². The second-order valence-corrected chi connectivity index (χ2v) is 7.18. The predicted molar refractivity (Wildman–Crippen MR) is 70.3 cm³/mol. The quantitative estimate of drug-likeness (QED) is 0.814. The summed E-state index contributed by atoms with van der Waals surface area (Å²) in [5.41, 5.74) is 1.26. The molecule has 1 aromatic heterocycles. The Bertz CT molecular complexity index is 389. The van der Waals surface area contributed by atoms with Gasteiger partial charge in [-0.3, -0.25) is 0 Å². The van der Waals surface area contributed by atoms with E-state index in [1.54, 1.807) is 11.3 Å². The zero-order chi connectivity index (χ0) is 13.2. The maximum absolute atomic E-state index is 12.0. The Hall–Kier alpha value is -0.200. The van der Waals surface area contributed by atoms with Crippen LogP contribution in [0.25, 0.3) is 0 Å². The third-order valence-corrected chi connectivity index (χ3v) is 5.28. The number of halogens is 3. The first-order valence-corrected chi connectivity index (χ1v) is 7.76. The molecule has 2 atom stereocenters. The number of hydrogen-bond donors (Lipinski definition) is 1. The van der Waals surface area contributed by atoms with E-state index < -0.39 is 12.6 Å². The lowest BCUT2D eigenvalue weighted by Crippen LogP contribution is -2.27. The van der Waals surface area contributed by atoms with E-state index in [4.69, 9.17) is 0 Å². The highest BCUT2D eigenvalue weighted by atomic mass is 32.2. The minimum atomic E-state index is -4.04. The first-order valence-electron chi connectivity index (χ1n) is 6.00. The van der Waals surface area contributed by atoms with Crippen molar-refractivity contribution in [3.05, 3.63) is 17.0 Å². The highest BCUT2D eigenvalue weighted by Crippen LogP contribution is 2.43. The van der Waals surface area contributed by atoms with Gasteiger partial charge in [0.15, 0.2) is 0 Å². The molecular formula is C12H16F3NS2. The van der Waals surface area contributed by atoms with Crippen molar-refractivity contribution in [3.8, 4) is 0 Å². The van der Waals surface area contributed by atoms with Crippen molar-refractivity contribution in [1.29, 1.82) is 0 Å². The van der Waals surface area contributed by atoms with Gasteiger partial charge >= 0.3 is 6.18 Å². The lowest BCUT2D eigenvalue weighted by atomic mass is 10.0. The monoisotopic (exact) mass is 295 g/mol. The molecule has 1 aromatic rings. The standard InChI is InChI=1S/C12H16F3NS2/c1-8-7-10(9-3-6-17-11(9)18-8)16-5-2-4-12(13,14)15/h3,6,8,10,16H,2,4-5,7H2,1H3/t8-,10?/m0/s1. The van der Waals surface area contributed by atoms with E-state index in [0.29, 0.717) is 11.8 Å². The van der Waals surface area contributed by atoms with Crippen LogP contribution < -0.4 is 5.32 Å². The number of rotatable bonds is 4. The minimum Gasteiger partial charge on any atom is -0.310 e. The number of alkyl halides is 3. The molecule has 0 amide bonds. The van der Waals surface area contributed by atoms with Crippen LogP contribution in [0.5, 0.6) is 0 Å². The van der Waals surface area contributed by atoms with Crippen LogP contribution in [0.2, 0.25) is 0 Å². The Balaban J connectivity index is 1.84. The third kappa shape index (κ3) is 3.90. The summed E-state index contributed by atoms with van der Waals surface area (Å²) >= 11 is 3.58. The maximum atomic E-state index is 12.0. The van der Waals surface area contributed by atoms with Crippen molar-refractivity contribution in [1.82, 2.24) is 5.32 Å². The second kappa shape index (κ2) is 5.84. The fourth-order valence-electron chi connectivity index (χ4n) is 2.11. The van der Waals surface area contributed by atoms with E-state index in [-0.39, 0.29) is 12.5 Å². The molecular weight excluding hydrogens is 279 g/mol. The summed E-state index contributed by atoms with van der Waals surface area (Å²) in [7, 11) is 0. The maximum Gasteiger partial charge on any atom is 0.389 e. The first kappa shape index (κ1) is 14.2. The molecule has 0 saturated heterocycles. The molecule has 1 aliphatic heterocycles. The molecule has 0 radical (unpaired) electrons. The van der Waals surface area contributed by atoms with Gasteiger partial charge in [0.05, 0.1) is 4.21 Å². The van der Waals surface area contributed by atoms with Crippen LogP contribution in [-0.2, 0) is 0 Å². The van der Waals surface area contributed by atoms with Crippen LogP contribution in [0.3, 0.4) is 0 Å². The molecule has 2 rings (SSSR count). The van der Waals surface area contributed by atoms with Crippen molar-refractivity contribution >= 4 is 23.1 Å². The summed E-state index contributed by atoms with van der Waals surface area (Å²) in [5, 5.41) is 5.84. The molecule has 1 N–H and O–H groups in total. The van der Waals surface area contributed by atoms with Gasteiger partial charge in [-0.1, -0.05) is 6.92 Å². The Morgan fingerprint density at radius 3 is 2.94 bits per heavy atom. The highest BCUT2D eigenvalue weighted by molar-refractivity contribution is 8.01. The number of fused-ring (bicyclic) bond motifs is 1. The molecule has 0 aromatic carbocycles. The summed E-state index contributed by atoms with van der Waals surface area (Å²) in [4.78, 5) is 0. The van der Waals surface area contributed by atoms with Crippen LogP contribution in [0.15, 0.2) is 15.7 Å².